The summed E-state index contributed by atoms with van der Waals surface area (Å²) in [6.07, 6.45) is 1.40. The number of hydrogen-bond donors (Lipinski definition) is 1. The van der Waals surface area contributed by atoms with Crippen LogP contribution in [0.15, 0.2) is 70.3 Å². The highest BCUT2D eigenvalue weighted by atomic mass is 32.3. The molecule has 2 aliphatic heterocycles. The van der Waals surface area contributed by atoms with Crippen LogP contribution in [0.3, 0.4) is 0 Å². The molecule has 4 rings (SSSR count). The van der Waals surface area contributed by atoms with Crippen LogP contribution in [0.1, 0.15) is 31.1 Å². The monoisotopic (exact) mass is 468 g/mol. The van der Waals surface area contributed by atoms with Gasteiger partial charge in [-0.15, -0.1) is 5.10 Å². The molecular formula is C22H20N4O4S2. The summed E-state index contributed by atoms with van der Waals surface area (Å²) in [5.41, 5.74) is 1.76. The highest BCUT2D eigenvalue weighted by Gasteiger charge is 2.39. The third kappa shape index (κ3) is 4.37. The van der Waals surface area contributed by atoms with Crippen molar-refractivity contribution >= 4 is 49.0 Å². The van der Waals surface area contributed by atoms with Gasteiger partial charge in [-0.25, -0.2) is 8.42 Å². The van der Waals surface area contributed by atoms with Crippen molar-refractivity contribution in [1.29, 1.82) is 5.41 Å². The molecule has 2 aromatic carbocycles. The van der Waals surface area contributed by atoms with Gasteiger partial charge < -0.3 is 4.74 Å². The third-order valence-corrected chi connectivity index (χ3v) is 7.94. The molecule has 0 aromatic heterocycles. The Balaban J connectivity index is 1.53. The first-order valence-electron chi connectivity index (χ1n) is 9.83. The summed E-state index contributed by atoms with van der Waals surface area (Å²) in [6, 6.07) is 17.0. The molecule has 0 bridgehead atoms. The molecule has 164 valence electrons. The van der Waals surface area contributed by atoms with E-state index in [1.807, 2.05) is 37.3 Å². The number of ether oxygens (including phenoxy) is 1. The van der Waals surface area contributed by atoms with Gasteiger partial charge in [0, 0.05) is 0 Å². The van der Waals surface area contributed by atoms with Gasteiger partial charge in [0.25, 0.3) is 5.91 Å². The number of hydrazone groups is 1. The van der Waals surface area contributed by atoms with Crippen molar-refractivity contribution in [3.8, 4) is 5.75 Å². The van der Waals surface area contributed by atoms with Crippen molar-refractivity contribution in [2.45, 2.75) is 20.0 Å². The van der Waals surface area contributed by atoms with Crippen molar-refractivity contribution in [2.75, 3.05) is 5.75 Å². The average Bonchev–Trinajstić information content (AvgIpc) is 3.23. The molecule has 0 saturated carbocycles. The maximum absolute atomic E-state index is 12.5. The molecule has 0 fully saturated rings. The highest BCUT2D eigenvalue weighted by molar-refractivity contribution is 8.42. The van der Waals surface area contributed by atoms with E-state index in [-0.39, 0.29) is 32.8 Å². The number of aliphatic imine (C=N–C) groups is 1. The number of carbonyl (C=O) groups is 1. The van der Waals surface area contributed by atoms with Gasteiger partial charge in [0.05, 0.1) is 11.3 Å². The average molecular weight is 469 g/mol. The van der Waals surface area contributed by atoms with Gasteiger partial charge in [-0.1, -0.05) is 49.4 Å². The minimum Gasteiger partial charge on any atom is -0.486 e. The molecule has 2 aliphatic rings. The predicted molar refractivity (Wildman–Crippen MR) is 126 cm³/mol. The topological polar surface area (TPSA) is 112 Å². The number of rotatable bonds is 5. The zero-order valence-corrected chi connectivity index (χ0v) is 19.0. The number of benzene rings is 2. The summed E-state index contributed by atoms with van der Waals surface area (Å²) in [5.74, 6) is -0.283. The van der Waals surface area contributed by atoms with Crippen molar-refractivity contribution in [2.24, 2.45) is 10.1 Å². The standard InChI is InChI=1S/C22H20N4O4S2/c1-3-32(28,29)22-25-26-19(23)18(20(27)24-21(26)31-22)13-15-9-11-17(12-10-15)30-14(2)16-7-5-4-6-8-16/h4-14,23H,3H2,1-2H3/b18-13+,23-19?. The molecule has 1 N–H and O–H groups in total. The molecule has 1 unspecified atom stereocenters. The maximum atomic E-state index is 12.5. The first-order valence-corrected chi connectivity index (χ1v) is 12.3. The minimum atomic E-state index is -3.56. The Morgan fingerprint density at radius 3 is 2.50 bits per heavy atom. The Morgan fingerprint density at radius 2 is 1.84 bits per heavy atom. The van der Waals surface area contributed by atoms with E-state index in [1.54, 1.807) is 24.3 Å². The second kappa shape index (κ2) is 8.71. The summed E-state index contributed by atoms with van der Waals surface area (Å²) in [5, 5.41) is 13.5. The Kier molecular flexibility index (Phi) is 5.98. The summed E-state index contributed by atoms with van der Waals surface area (Å²) in [6.45, 7) is 3.47. The van der Waals surface area contributed by atoms with Crippen LogP contribution in [0.5, 0.6) is 5.75 Å². The predicted octanol–water partition coefficient (Wildman–Crippen LogP) is 3.84. The Morgan fingerprint density at radius 1 is 1.16 bits per heavy atom. The summed E-state index contributed by atoms with van der Waals surface area (Å²) in [7, 11) is -3.56. The Bertz CT molecular complexity index is 1270. The lowest BCUT2D eigenvalue weighted by Gasteiger charge is -2.20. The van der Waals surface area contributed by atoms with E-state index in [2.05, 4.69) is 10.1 Å². The molecule has 10 heteroatoms. The summed E-state index contributed by atoms with van der Waals surface area (Å²) >= 11 is 0.780. The zero-order valence-electron chi connectivity index (χ0n) is 17.3. The number of sulfone groups is 1. The van der Waals surface area contributed by atoms with E-state index < -0.39 is 15.7 Å². The van der Waals surface area contributed by atoms with E-state index in [0.29, 0.717) is 11.3 Å². The minimum absolute atomic E-state index is 0.0274. The van der Waals surface area contributed by atoms with Crippen LogP contribution in [-0.2, 0) is 14.6 Å². The second-order valence-electron chi connectivity index (χ2n) is 7.03. The van der Waals surface area contributed by atoms with E-state index in [9.17, 15) is 13.2 Å². The van der Waals surface area contributed by atoms with Gasteiger partial charge in [0.2, 0.25) is 19.4 Å². The van der Waals surface area contributed by atoms with Crippen molar-refractivity contribution in [1.82, 2.24) is 5.01 Å². The number of amidine groups is 2. The van der Waals surface area contributed by atoms with Crippen LogP contribution in [0, 0.1) is 5.41 Å². The molecule has 0 aliphatic carbocycles. The fourth-order valence-electron chi connectivity index (χ4n) is 3.03. The van der Waals surface area contributed by atoms with Crippen LogP contribution >= 0.6 is 11.8 Å². The SMILES string of the molecule is CCS(=O)(=O)C1=NN2C(=N)/C(=C\c3ccc(OC(C)c4ccccc4)cc3)C(=O)N=C2S1. The smallest absolute Gasteiger partial charge is 0.283 e. The number of nitrogens with zero attached hydrogens (tertiary/aromatic N) is 3. The van der Waals surface area contributed by atoms with E-state index in [0.717, 1.165) is 22.3 Å². The first kappa shape index (κ1) is 22.0. The quantitative estimate of drug-likeness (QED) is 0.667. The van der Waals surface area contributed by atoms with Gasteiger partial charge in [0.15, 0.2) is 5.84 Å². The number of carbonyl (C=O) groups excluding carboxylic acids is 1. The van der Waals surface area contributed by atoms with Crippen LogP contribution in [0.2, 0.25) is 0 Å². The molecule has 2 heterocycles. The molecule has 1 amide bonds. The fraction of sp³-hybridized carbons (Fsp3) is 0.182. The number of thioether (sulfide) groups is 1. The van der Waals surface area contributed by atoms with Crippen LogP contribution in [0.4, 0.5) is 0 Å². The van der Waals surface area contributed by atoms with Crippen molar-refractivity contribution in [3.63, 3.8) is 0 Å². The lowest BCUT2D eigenvalue weighted by molar-refractivity contribution is -0.114. The largest absolute Gasteiger partial charge is 0.486 e. The van der Waals surface area contributed by atoms with Gasteiger partial charge in [-0.05, 0) is 48.0 Å². The van der Waals surface area contributed by atoms with E-state index in [4.69, 9.17) is 10.1 Å². The van der Waals surface area contributed by atoms with Crippen LogP contribution in [0.25, 0.3) is 6.08 Å². The van der Waals surface area contributed by atoms with Gasteiger partial charge in [-0.2, -0.15) is 10.0 Å². The molecule has 0 saturated heterocycles. The highest BCUT2D eigenvalue weighted by Crippen LogP contribution is 2.30. The second-order valence-corrected chi connectivity index (χ2v) is 10.4. The van der Waals surface area contributed by atoms with Gasteiger partial charge in [0.1, 0.15) is 11.9 Å². The number of fused-ring (bicyclic) bond motifs is 1. The van der Waals surface area contributed by atoms with Crippen molar-refractivity contribution < 1.29 is 17.9 Å². The molecular weight excluding hydrogens is 448 g/mol. The van der Waals surface area contributed by atoms with Crippen molar-refractivity contribution in [3.05, 3.63) is 71.3 Å². The molecule has 1 atom stereocenters. The number of amides is 1. The van der Waals surface area contributed by atoms with E-state index >= 15 is 0 Å². The lowest BCUT2D eigenvalue weighted by atomic mass is 10.1. The van der Waals surface area contributed by atoms with Crippen LogP contribution in [-0.4, -0.2) is 40.5 Å². The molecule has 8 nitrogen and oxygen atoms in total. The zero-order chi connectivity index (χ0) is 22.9. The number of nitrogens with one attached hydrogen (secondary N) is 1. The summed E-state index contributed by atoms with van der Waals surface area (Å²) < 4.78 is 30.0. The first-order chi connectivity index (χ1) is 15.3. The van der Waals surface area contributed by atoms with Gasteiger partial charge >= 0.3 is 0 Å². The summed E-state index contributed by atoms with van der Waals surface area (Å²) in [4.78, 5) is 16.4. The van der Waals surface area contributed by atoms with Gasteiger partial charge in [-0.3, -0.25) is 10.2 Å². The molecule has 0 radical (unpaired) electrons. The van der Waals surface area contributed by atoms with Crippen LogP contribution < -0.4 is 4.74 Å². The molecule has 0 spiro atoms. The fourth-order valence-corrected chi connectivity index (χ4v) is 5.19. The molecule has 32 heavy (non-hydrogen) atoms. The normalized spacial score (nSPS) is 18.3. The molecule has 2 aromatic rings. The lowest BCUT2D eigenvalue weighted by Crippen LogP contribution is -2.35. The number of hydrogen-bond acceptors (Lipinski definition) is 7. The Labute approximate surface area is 190 Å². The van der Waals surface area contributed by atoms with E-state index in [1.165, 1.54) is 13.0 Å². The maximum Gasteiger partial charge on any atom is 0.283 e. The Hall–Kier alpha value is -3.24. The third-order valence-electron chi connectivity index (χ3n) is 4.86.